The van der Waals surface area contributed by atoms with E-state index in [1.807, 2.05) is 0 Å². The highest BCUT2D eigenvalue weighted by molar-refractivity contribution is 6.30. The summed E-state index contributed by atoms with van der Waals surface area (Å²) in [5.41, 5.74) is 0.333. The van der Waals surface area contributed by atoms with Gasteiger partial charge in [-0.3, -0.25) is 0 Å². The molecule has 2 aromatic carbocycles. The molecule has 106 valence electrons. The Kier molecular flexibility index (Phi) is 3.10. The average Bonchev–Trinajstić information content (AvgIpc) is 2.85. The zero-order chi connectivity index (χ0) is 15.1. The fourth-order valence-corrected chi connectivity index (χ4v) is 2.01. The number of hydrogen-bond acceptors (Lipinski definition) is 3. The third kappa shape index (κ3) is 2.34. The predicted molar refractivity (Wildman–Crippen MR) is 71.3 cm³/mol. The maximum absolute atomic E-state index is 13.8. The van der Waals surface area contributed by atoms with Crippen LogP contribution in [0.15, 0.2) is 34.7 Å². The van der Waals surface area contributed by atoms with Crippen molar-refractivity contribution in [1.82, 2.24) is 4.98 Å². The summed E-state index contributed by atoms with van der Waals surface area (Å²) < 4.78 is 32.5. The topological polar surface area (TPSA) is 63.3 Å². The normalized spacial score (nSPS) is 11.0. The number of rotatable bonds is 2. The first-order valence-corrected chi connectivity index (χ1v) is 6.12. The van der Waals surface area contributed by atoms with Crippen LogP contribution in [0.2, 0.25) is 5.02 Å². The second-order valence-corrected chi connectivity index (χ2v) is 4.66. The van der Waals surface area contributed by atoms with E-state index in [1.165, 1.54) is 18.2 Å². The number of fused-ring (bicyclic) bond motifs is 1. The Morgan fingerprint density at radius 3 is 2.67 bits per heavy atom. The van der Waals surface area contributed by atoms with Gasteiger partial charge in [-0.1, -0.05) is 11.6 Å². The maximum Gasteiger partial charge on any atom is 0.335 e. The zero-order valence-electron chi connectivity index (χ0n) is 10.2. The van der Waals surface area contributed by atoms with Gasteiger partial charge < -0.3 is 9.52 Å². The van der Waals surface area contributed by atoms with E-state index in [9.17, 15) is 13.6 Å². The monoisotopic (exact) mass is 309 g/mol. The van der Waals surface area contributed by atoms with Crippen LogP contribution in [-0.2, 0) is 0 Å². The summed E-state index contributed by atoms with van der Waals surface area (Å²) in [6, 6.07) is 5.72. The molecule has 0 radical (unpaired) electrons. The van der Waals surface area contributed by atoms with Crippen LogP contribution < -0.4 is 0 Å². The summed E-state index contributed by atoms with van der Waals surface area (Å²) in [6.07, 6.45) is 0. The maximum atomic E-state index is 13.8. The fourth-order valence-electron chi connectivity index (χ4n) is 1.86. The number of aromatic carboxylic acids is 1. The Labute approximate surface area is 121 Å². The van der Waals surface area contributed by atoms with Gasteiger partial charge in [0.05, 0.1) is 16.1 Å². The first-order valence-electron chi connectivity index (χ1n) is 5.74. The van der Waals surface area contributed by atoms with Crippen LogP contribution in [0.25, 0.3) is 22.6 Å². The summed E-state index contributed by atoms with van der Waals surface area (Å²) >= 11 is 5.48. The van der Waals surface area contributed by atoms with Crippen molar-refractivity contribution in [3.63, 3.8) is 0 Å². The van der Waals surface area contributed by atoms with E-state index in [-0.39, 0.29) is 33.1 Å². The van der Waals surface area contributed by atoms with Gasteiger partial charge in [0.1, 0.15) is 17.2 Å². The number of carboxylic acid groups (broad SMARTS) is 1. The molecule has 0 aliphatic rings. The molecule has 0 spiro atoms. The number of halogens is 3. The number of carbonyl (C=O) groups is 1. The van der Waals surface area contributed by atoms with Crippen molar-refractivity contribution in [2.75, 3.05) is 0 Å². The summed E-state index contributed by atoms with van der Waals surface area (Å²) in [6.45, 7) is 0. The van der Waals surface area contributed by atoms with Crippen LogP contribution in [0.3, 0.4) is 0 Å². The molecule has 0 atom stereocenters. The molecule has 0 saturated heterocycles. The first kappa shape index (κ1) is 13.5. The molecule has 1 heterocycles. The molecular weight excluding hydrogens is 304 g/mol. The van der Waals surface area contributed by atoms with E-state index in [4.69, 9.17) is 21.1 Å². The van der Waals surface area contributed by atoms with E-state index in [0.717, 1.165) is 12.1 Å². The molecule has 1 N–H and O–H groups in total. The molecule has 3 aromatic rings. The quantitative estimate of drug-likeness (QED) is 0.723. The minimum absolute atomic E-state index is 0.0186. The summed E-state index contributed by atoms with van der Waals surface area (Å²) in [5, 5.41) is 8.55. The van der Waals surface area contributed by atoms with E-state index in [2.05, 4.69) is 4.98 Å². The van der Waals surface area contributed by atoms with E-state index < -0.39 is 17.6 Å². The lowest BCUT2D eigenvalue weighted by molar-refractivity contribution is 0.0697. The van der Waals surface area contributed by atoms with Crippen LogP contribution in [0.1, 0.15) is 10.4 Å². The lowest BCUT2D eigenvalue weighted by atomic mass is 10.2. The second kappa shape index (κ2) is 4.82. The number of aromatic nitrogens is 1. The van der Waals surface area contributed by atoms with Gasteiger partial charge in [-0.05, 0) is 30.3 Å². The molecule has 4 nitrogen and oxygen atoms in total. The fraction of sp³-hybridized carbons (Fsp3) is 0. The van der Waals surface area contributed by atoms with Gasteiger partial charge in [-0.15, -0.1) is 0 Å². The second-order valence-electron chi connectivity index (χ2n) is 4.25. The van der Waals surface area contributed by atoms with Crippen molar-refractivity contribution in [2.24, 2.45) is 0 Å². The molecule has 0 unspecified atom stereocenters. The van der Waals surface area contributed by atoms with Crippen molar-refractivity contribution < 1.29 is 23.1 Å². The van der Waals surface area contributed by atoms with Crippen LogP contribution in [0, 0.1) is 11.6 Å². The smallest absolute Gasteiger partial charge is 0.335 e. The van der Waals surface area contributed by atoms with Crippen molar-refractivity contribution in [3.8, 4) is 11.5 Å². The van der Waals surface area contributed by atoms with Crippen molar-refractivity contribution in [3.05, 3.63) is 52.6 Å². The van der Waals surface area contributed by atoms with Gasteiger partial charge in [-0.25, -0.2) is 18.6 Å². The highest BCUT2D eigenvalue weighted by atomic mass is 35.5. The summed E-state index contributed by atoms with van der Waals surface area (Å²) in [4.78, 5) is 14.9. The van der Waals surface area contributed by atoms with Crippen molar-refractivity contribution in [1.29, 1.82) is 0 Å². The molecule has 0 aliphatic heterocycles. The molecule has 0 fully saturated rings. The van der Waals surface area contributed by atoms with E-state index in [1.54, 1.807) is 0 Å². The zero-order valence-corrected chi connectivity index (χ0v) is 11.0. The molecule has 0 saturated carbocycles. The highest BCUT2D eigenvalue weighted by Crippen LogP contribution is 2.30. The third-order valence-corrected chi connectivity index (χ3v) is 3.16. The Morgan fingerprint density at radius 1 is 1.19 bits per heavy atom. The molecule has 0 bridgehead atoms. The van der Waals surface area contributed by atoms with Crippen LogP contribution in [0.4, 0.5) is 8.78 Å². The lowest BCUT2D eigenvalue weighted by Gasteiger charge is -2.00. The first-order chi connectivity index (χ1) is 9.95. The van der Waals surface area contributed by atoms with Gasteiger partial charge in [-0.2, -0.15) is 0 Å². The molecule has 0 aliphatic carbocycles. The number of hydrogen-bond donors (Lipinski definition) is 1. The SMILES string of the molecule is O=C(O)c1ccc2oc(-c3cc(F)c(Cl)cc3F)nc2c1. The number of nitrogens with zero attached hydrogens (tertiary/aromatic N) is 1. The van der Waals surface area contributed by atoms with Crippen molar-refractivity contribution in [2.45, 2.75) is 0 Å². The third-order valence-electron chi connectivity index (χ3n) is 2.87. The van der Waals surface area contributed by atoms with Gasteiger partial charge in [0.25, 0.3) is 0 Å². The minimum Gasteiger partial charge on any atom is -0.478 e. The van der Waals surface area contributed by atoms with E-state index >= 15 is 0 Å². The number of benzene rings is 2. The van der Waals surface area contributed by atoms with Crippen LogP contribution in [-0.4, -0.2) is 16.1 Å². The van der Waals surface area contributed by atoms with Crippen LogP contribution >= 0.6 is 11.6 Å². The molecule has 21 heavy (non-hydrogen) atoms. The van der Waals surface area contributed by atoms with E-state index in [0.29, 0.717) is 0 Å². The molecular formula is C14H6ClF2NO3. The van der Waals surface area contributed by atoms with Gasteiger partial charge in [0.2, 0.25) is 5.89 Å². The Balaban J connectivity index is 2.17. The Hall–Kier alpha value is -2.47. The average molecular weight is 310 g/mol. The molecule has 0 amide bonds. The van der Waals surface area contributed by atoms with Crippen LogP contribution in [0.5, 0.6) is 0 Å². The molecule has 3 rings (SSSR count). The largest absolute Gasteiger partial charge is 0.478 e. The van der Waals surface area contributed by atoms with Gasteiger partial charge in [0.15, 0.2) is 5.58 Å². The number of oxazole rings is 1. The van der Waals surface area contributed by atoms with Gasteiger partial charge in [0, 0.05) is 0 Å². The standard InChI is InChI=1S/C14H6ClF2NO3/c15-8-5-9(16)7(4-10(8)17)13-18-11-3-6(14(19)20)1-2-12(11)21-13/h1-5H,(H,19,20). The Morgan fingerprint density at radius 2 is 1.95 bits per heavy atom. The van der Waals surface area contributed by atoms with Gasteiger partial charge >= 0.3 is 5.97 Å². The Bertz CT molecular complexity index is 876. The highest BCUT2D eigenvalue weighted by Gasteiger charge is 2.16. The number of carboxylic acids is 1. The molecule has 7 heteroatoms. The predicted octanol–water partition coefficient (Wildman–Crippen LogP) is 4.12. The minimum atomic E-state index is -1.12. The summed E-state index contributed by atoms with van der Waals surface area (Å²) in [5.74, 6) is -2.86. The molecule has 1 aromatic heterocycles. The lowest BCUT2D eigenvalue weighted by Crippen LogP contribution is -1.94. The summed E-state index contributed by atoms with van der Waals surface area (Å²) in [7, 11) is 0. The van der Waals surface area contributed by atoms with Crippen molar-refractivity contribution >= 4 is 28.7 Å².